The molecule has 114 valence electrons. The fourth-order valence-corrected chi connectivity index (χ4v) is 2.57. The fourth-order valence-electron chi connectivity index (χ4n) is 2.57. The smallest absolute Gasteiger partial charge is 0.0569 e. The highest BCUT2D eigenvalue weighted by Gasteiger charge is 2.07. The molecule has 3 heteroatoms. The summed E-state index contributed by atoms with van der Waals surface area (Å²) in [7, 11) is 0. The Kier molecular flexibility index (Phi) is 3.85. The summed E-state index contributed by atoms with van der Waals surface area (Å²) >= 11 is 0. The van der Waals surface area contributed by atoms with Crippen molar-refractivity contribution in [1.82, 2.24) is 0 Å². The Morgan fingerprint density at radius 3 is 2.30 bits per heavy atom. The zero-order valence-corrected chi connectivity index (χ0v) is 13.0. The zero-order chi connectivity index (χ0) is 16.4. The molecule has 3 nitrogen and oxygen atoms in total. The van der Waals surface area contributed by atoms with Crippen molar-refractivity contribution in [2.75, 3.05) is 11.5 Å². The molecule has 0 amide bonds. The highest BCUT2D eigenvalue weighted by molar-refractivity contribution is 6.08. The van der Waals surface area contributed by atoms with E-state index < -0.39 is 0 Å². The molecule has 0 heterocycles. The molecule has 0 saturated heterocycles. The number of rotatable bonds is 2. The van der Waals surface area contributed by atoms with Gasteiger partial charge in [0.1, 0.15) is 0 Å². The molecule has 23 heavy (non-hydrogen) atoms. The first-order chi connectivity index (χ1) is 11.0. The van der Waals surface area contributed by atoms with Crippen molar-refractivity contribution in [1.29, 1.82) is 5.41 Å². The average molecular weight is 301 g/mol. The monoisotopic (exact) mass is 301 g/mol. The molecule has 5 N–H and O–H groups in total. The molecule has 0 aliphatic heterocycles. The van der Waals surface area contributed by atoms with Gasteiger partial charge in [0.05, 0.1) is 5.71 Å². The minimum Gasteiger partial charge on any atom is -0.399 e. The summed E-state index contributed by atoms with van der Waals surface area (Å²) in [4.78, 5) is 0. The van der Waals surface area contributed by atoms with E-state index in [0.717, 1.165) is 39.2 Å². The molecule has 3 rings (SSSR count). The van der Waals surface area contributed by atoms with Crippen LogP contribution in [0.5, 0.6) is 0 Å². The molecule has 0 aromatic heterocycles. The van der Waals surface area contributed by atoms with Gasteiger partial charge in [0.25, 0.3) is 0 Å². The first kappa shape index (κ1) is 14.9. The van der Waals surface area contributed by atoms with Crippen LogP contribution in [0.4, 0.5) is 11.4 Å². The maximum atomic E-state index is 7.78. The van der Waals surface area contributed by atoms with Crippen molar-refractivity contribution in [3.8, 4) is 11.1 Å². The predicted octanol–water partition coefficient (Wildman–Crippen LogP) is 4.44. The summed E-state index contributed by atoms with van der Waals surface area (Å²) in [5, 5.41) is 7.78. The third-order valence-corrected chi connectivity index (χ3v) is 3.87. The van der Waals surface area contributed by atoms with E-state index in [-0.39, 0.29) is 0 Å². The molecule has 2 aromatic carbocycles. The average Bonchev–Trinajstić information content (AvgIpc) is 2.53. The van der Waals surface area contributed by atoms with Gasteiger partial charge in [-0.15, -0.1) is 0 Å². The normalized spacial score (nSPS) is 15.8. The summed E-state index contributed by atoms with van der Waals surface area (Å²) in [6.07, 6.45) is 7.91. The van der Waals surface area contributed by atoms with Crippen molar-refractivity contribution in [3.63, 3.8) is 0 Å². The van der Waals surface area contributed by atoms with Gasteiger partial charge in [-0.05, 0) is 77.3 Å². The van der Waals surface area contributed by atoms with Crippen LogP contribution in [0, 0.1) is 5.41 Å². The third-order valence-electron chi connectivity index (χ3n) is 3.87. The second-order valence-electron chi connectivity index (χ2n) is 5.69. The number of hydrogen-bond acceptors (Lipinski definition) is 3. The Hall–Kier alpha value is -3.07. The molecule has 0 unspecified atom stereocenters. The maximum absolute atomic E-state index is 7.78. The summed E-state index contributed by atoms with van der Waals surface area (Å²) in [6, 6.07) is 13.7. The summed E-state index contributed by atoms with van der Waals surface area (Å²) in [5.41, 5.74) is 19.0. The first-order valence-corrected chi connectivity index (χ1v) is 7.45. The standard InChI is InChI=1S/C20H19N3/c1-13-10-14(2-9-20(13)23)11-16-5-8-18(22)12-19(16)15-3-6-17(21)7-4-15/h2-12,23H,21-22H2,1H3. The minimum atomic E-state index is 0.554. The van der Waals surface area contributed by atoms with Crippen LogP contribution in [0.2, 0.25) is 0 Å². The van der Waals surface area contributed by atoms with Crippen molar-refractivity contribution in [3.05, 3.63) is 77.4 Å². The van der Waals surface area contributed by atoms with Gasteiger partial charge in [0, 0.05) is 11.4 Å². The number of nitrogens with two attached hydrogens (primary N) is 2. The van der Waals surface area contributed by atoms with Gasteiger partial charge in [0.15, 0.2) is 0 Å². The van der Waals surface area contributed by atoms with Crippen LogP contribution in [0.1, 0.15) is 12.5 Å². The predicted molar refractivity (Wildman–Crippen MR) is 99.3 cm³/mol. The van der Waals surface area contributed by atoms with Gasteiger partial charge in [-0.2, -0.15) is 0 Å². The first-order valence-electron chi connectivity index (χ1n) is 7.45. The number of anilines is 2. The SMILES string of the molecule is CC1=CC(=Cc2ccc(N)cc2-c2ccc(N)cc2)C=CC1=N. The Bertz CT molecular complexity index is 853. The highest BCUT2D eigenvalue weighted by atomic mass is 14.5. The highest BCUT2D eigenvalue weighted by Crippen LogP contribution is 2.29. The molecule has 0 atom stereocenters. The van der Waals surface area contributed by atoms with Crippen molar-refractivity contribution >= 4 is 23.2 Å². The summed E-state index contributed by atoms with van der Waals surface area (Å²) < 4.78 is 0. The van der Waals surface area contributed by atoms with Crippen molar-refractivity contribution in [2.45, 2.75) is 6.92 Å². The molecule has 0 bridgehead atoms. The second kappa shape index (κ2) is 5.97. The van der Waals surface area contributed by atoms with Gasteiger partial charge in [-0.3, -0.25) is 0 Å². The molecular weight excluding hydrogens is 282 g/mol. The van der Waals surface area contributed by atoms with Crippen molar-refractivity contribution < 1.29 is 0 Å². The Morgan fingerprint density at radius 1 is 0.913 bits per heavy atom. The van der Waals surface area contributed by atoms with Gasteiger partial charge in [-0.25, -0.2) is 0 Å². The van der Waals surface area contributed by atoms with E-state index in [2.05, 4.69) is 6.08 Å². The van der Waals surface area contributed by atoms with Gasteiger partial charge >= 0.3 is 0 Å². The van der Waals surface area contributed by atoms with E-state index in [1.54, 1.807) is 0 Å². The van der Waals surface area contributed by atoms with Crippen LogP contribution < -0.4 is 11.5 Å². The lowest BCUT2D eigenvalue weighted by Crippen LogP contribution is -1.98. The Morgan fingerprint density at radius 2 is 1.61 bits per heavy atom. The van der Waals surface area contributed by atoms with E-state index in [1.165, 1.54) is 0 Å². The minimum absolute atomic E-state index is 0.554. The van der Waals surface area contributed by atoms with E-state index in [9.17, 15) is 0 Å². The van der Waals surface area contributed by atoms with Crippen LogP contribution in [-0.2, 0) is 0 Å². The fraction of sp³-hybridized carbons (Fsp3) is 0.0500. The molecule has 0 spiro atoms. The quantitative estimate of drug-likeness (QED) is 0.717. The number of allylic oxidation sites excluding steroid dienone is 5. The van der Waals surface area contributed by atoms with Gasteiger partial charge in [0.2, 0.25) is 0 Å². The van der Waals surface area contributed by atoms with Crippen LogP contribution in [0.25, 0.3) is 17.2 Å². The van der Waals surface area contributed by atoms with E-state index in [1.807, 2.05) is 67.6 Å². The lowest BCUT2D eigenvalue weighted by Gasteiger charge is -2.11. The van der Waals surface area contributed by atoms with E-state index in [4.69, 9.17) is 16.9 Å². The summed E-state index contributed by atoms with van der Waals surface area (Å²) in [6.45, 7) is 1.95. The second-order valence-corrected chi connectivity index (χ2v) is 5.69. The van der Waals surface area contributed by atoms with E-state index in [0.29, 0.717) is 5.71 Å². The molecule has 0 saturated carbocycles. The number of nitrogens with one attached hydrogen (secondary N) is 1. The number of benzene rings is 2. The molecule has 0 radical (unpaired) electrons. The summed E-state index contributed by atoms with van der Waals surface area (Å²) in [5.74, 6) is 0. The van der Waals surface area contributed by atoms with Gasteiger partial charge in [-0.1, -0.05) is 24.3 Å². The lowest BCUT2D eigenvalue weighted by molar-refractivity contribution is 1.43. The molecule has 1 aliphatic rings. The molecular formula is C20H19N3. The van der Waals surface area contributed by atoms with Crippen LogP contribution >= 0.6 is 0 Å². The largest absolute Gasteiger partial charge is 0.399 e. The van der Waals surface area contributed by atoms with Crippen molar-refractivity contribution in [2.24, 2.45) is 0 Å². The van der Waals surface area contributed by atoms with Crippen LogP contribution in [-0.4, -0.2) is 5.71 Å². The maximum Gasteiger partial charge on any atom is 0.0569 e. The zero-order valence-electron chi connectivity index (χ0n) is 13.0. The van der Waals surface area contributed by atoms with Crippen LogP contribution in [0.3, 0.4) is 0 Å². The Labute approximate surface area is 136 Å². The lowest BCUT2D eigenvalue weighted by atomic mass is 9.95. The van der Waals surface area contributed by atoms with Crippen LogP contribution in [0.15, 0.2) is 71.8 Å². The van der Waals surface area contributed by atoms with Gasteiger partial charge < -0.3 is 16.9 Å². The number of hydrogen-bond donors (Lipinski definition) is 3. The Balaban J connectivity index is 2.09. The third kappa shape index (κ3) is 3.24. The molecule has 2 aromatic rings. The van der Waals surface area contributed by atoms with E-state index >= 15 is 0 Å². The molecule has 0 fully saturated rings. The number of nitrogen functional groups attached to an aromatic ring is 2. The molecule has 1 aliphatic carbocycles. The topological polar surface area (TPSA) is 75.9 Å².